The first-order valence-electron chi connectivity index (χ1n) is 9.04. The number of nitrogen functional groups attached to an aromatic ring is 1. The van der Waals surface area contributed by atoms with Crippen molar-refractivity contribution in [2.24, 2.45) is 5.73 Å². The number of ether oxygens (including phenoxy) is 1. The normalized spacial score (nSPS) is 14.3. The number of nitrogens with two attached hydrogens (primary N) is 1. The third-order valence-corrected chi connectivity index (χ3v) is 6.97. The summed E-state index contributed by atoms with van der Waals surface area (Å²) in [6.45, 7) is 5.08. The number of nitrogens with zero attached hydrogens (tertiary/aromatic N) is 3. The molecule has 1 fully saturated rings. The third-order valence-electron chi connectivity index (χ3n) is 4.40. The molecule has 0 radical (unpaired) electrons. The zero-order valence-electron chi connectivity index (χ0n) is 16.3. The molecule has 3 aromatic rings. The summed E-state index contributed by atoms with van der Waals surface area (Å²) in [5.41, 5.74) is 7.42. The van der Waals surface area contributed by atoms with E-state index in [4.69, 9.17) is 39.1 Å². The van der Waals surface area contributed by atoms with Gasteiger partial charge in [0.15, 0.2) is 14.8 Å². The molecular weight excluding hydrogens is 467 g/mol. The number of aromatic amines is 1. The molecule has 1 aliphatic rings. The van der Waals surface area contributed by atoms with E-state index in [0.717, 1.165) is 48.0 Å². The molecule has 3 aromatic heterocycles. The molecule has 0 saturated carbocycles. The van der Waals surface area contributed by atoms with Crippen LogP contribution in [0.4, 0.5) is 0 Å². The Morgan fingerprint density at radius 3 is 2.30 bits per heavy atom. The quantitative estimate of drug-likeness (QED) is 0.376. The number of rotatable bonds is 3. The van der Waals surface area contributed by atoms with Crippen LogP contribution >= 0.6 is 45.9 Å². The second kappa shape index (κ2) is 9.97. The lowest BCUT2D eigenvalue weighted by Crippen LogP contribution is -2.18. The van der Waals surface area contributed by atoms with E-state index in [0.29, 0.717) is 19.6 Å². The molecule has 4 rings (SSSR count). The van der Waals surface area contributed by atoms with E-state index in [1.165, 1.54) is 22.7 Å². The summed E-state index contributed by atoms with van der Waals surface area (Å²) in [6, 6.07) is 1.58. The van der Waals surface area contributed by atoms with Gasteiger partial charge < -0.3 is 15.5 Å². The first kappa shape index (κ1) is 22.8. The Bertz CT molecular complexity index is 1100. The fourth-order valence-electron chi connectivity index (χ4n) is 2.98. The van der Waals surface area contributed by atoms with Crippen LogP contribution in [-0.4, -0.2) is 39.0 Å². The van der Waals surface area contributed by atoms with E-state index in [2.05, 4.69) is 19.9 Å². The van der Waals surface area contributed by atoms with Crippen LogP contribution in [0.3, 0.4) is 0 Å². The Balaban J connectivity index is 0.000000216. The second-order valence-electron chi connectivity index (χ2n) is 6.58. The monoisotopic (exact) mass is 486 g/mol. The number of halogens is 2. The molecule has 0 bridgehead atoms. The fourth-order valence-corrected chi connectivity index (χ4v) is 5.09. The molecule has 0 atom stereocenters. The van der Waals surface area contributed by atoms with Crippen molar-refractivity contribution in [2.45, 2.75) is 32.6 Å². The summed E-state index contributed by atoms with van der Waals surface area (Å²) in [6.07, 6.45) is 1.80. The standard InChI is InChI=1S/C13H14ClN3O2S.C5H6ClN3S/c1-7-11(20-13(14)15-7)12-16-9(6-10(18)17-12)8-2-4-19-5-3-8;1-2-3(4(7)8)10-5(6)9-2/h6,8H,2-5H2,1H3,(H,16,17,18);1H3,(H3,7,8). The van der Waals surface area contributed by atoms with Crippen LogP contribution in [0.5, 0.6) is 0 Å². The first-order valence-corrected chi connectivity index (χ1v) is 11.4. The molecule has 12 heteroatoms. The van der Waals surface area contributed by atoms with E-state index in [-0.39, 0.29) is 17.3 Å². The molecule has 0 amide bonds. The Morgan fingerprint density at radius 1 is 1.17 bits per heavy atom. The Morgan fingerprint density at radius 2 is 1.80 bits per heavy atom. The van der Waals surface area contributed by atoms with E-state index in [1.807, 2.05) is 6.92 Å². The van der Waals surface area contributed by atoms with Crippen molar-refractivity contribution in [3.63, 3.8) is 0 Å². The van der Waals surface area contributed by atoms with Crippen LogP contribution < -0.4 is 11.3 Å². The van der Waals surface area contributed by atoms with Crippen molar-refractivity contribution in [1.82, 2.24) is 19.9 Å². The number of hydrogen-bond donors (Lipinski definition) is 3. The highest BCUT2D eigenvalue weighted by Crippen LogP contribution is 2.31. The van der Waals surface area contributed by atoms with Gasteiger partial charge in [-0.1, -0.05) is 45.9 Å². The average Bonchev–Trinajstić information content (AvgIpc) is 3.22. The van der Waals surface area contributed by atoms with E-state index < -0.39 is 0 Å². The van der Waals surface area contributed by atoms with Crippen molar-refractivity contribution in [1.29, 1.82) is 5.41 Å². The minimum absolute atomic E-state index is 0.0295. The number of thiazole rings is 2. The minimum atomic E-state index is -0.139. The molecule has 0 spiro atoms. The van der Waals surface area contributed by atoms with Gasteiger partial charge in [0.25, 0.3) is 5.56 Å². The van der Waals surface area contributed by atoms with Gasteiger partial charge in [0.05, 0.1) is 26.8 Å². The highest BCUT2D eigenvalue weighted by atomic mass is 35.5. The maximum Gasteiger partial charge on any atom is 0.251 e. The molecule has 0 aliphatic carbocycles. The van der Waals surface area contributed by atoms with Crippen molar-refractivity contribution < 1.29 is 4.74 Å². The smallest absolute Gasteiger partial charge is 0.251 e. The lowest BCUT2D eigenvalue weighted by Gasteiger charge is -2.21. The van der Waals surface area contributed by atoms with E-state index in [9.17, 15) is 4.79 Å². The van der Waals surface area contributed by atoms with Crippen molar-refractivity contribution >= 4 is 51.7 Å². The number of hydrogen-bond acceptors (Lipinski definition) is 8. The van der Waals surface area contributed by atoms with Crippen molar-refractivity contribution in [3.05, 3.63) is 47.3 Å². The van der Waals surface area contributed by atoms with E-state index >= 15 is 0 Å². The Kier molecular flexibility index (Phi) is 7.59. The Hall–Kier alpha value is -1.85. The van der Waals surface area contributed by atoms with Gasteiger partial charge in [-0.3, -0.25) is 10.2 Å². The predicted molar refractivity (Wildman–Crippen MR) is 121 cm³/mol. The molecule has 30 heavy (non-hydrogen) atoms. The van der Waals surface area contributed by atoms with Crippen LogP contribution in [-0.2, 0) is 4.74 Å². The highest BCUT2D eigenvalue weighted by Gasteiger charge is 2.20. The maximum atomic E-state index is 11.9. The van der Waals surface area contributed by atoms with Gasteiger partial charge in [0.2, 0.25) is 0 Å². The average molecular weight is 487 g/mol. The molecule has 4 heterocycles. The molecule has 4 N–H and O–H groups in total. The van der Waals surface area contributed by atoms with Crippen LogP contribution in [0.2, 0.25) is 8.93 Å². The van der Waals surface area contributed by atoms with Gasteiger partial charge in [0.1, 0.15) is 5.84 Å². The van der Waals surface area contributed by atoms with Crippen LogP contribution in [0, 0.1) is 19.3 Å². The van der Waals surface area contributed by atoms with Crippen molar-refractivity contribution in [3.8, 4) is 10.7 Å². The lowest BCUT2D eigenvalue weighted by atomic mass is 9.96. The van der Waals surface area contributed by atoms with Gasteiger partial charge >= 0.3 is 0 Å². The van der Waals surface area contributed by atoms with Gasteiger partial charge in [0, 0.05) is 25.2 Å². The minimum Gasteiger partial charge on any atom is -0.383 e. The SMILES string of the molecule is Cc1nc(Cl)sc1-c1nc(C2CCOCC2)cc(=O)[nH]1.Cc1nc(Cl)sc1C(=N)N. The summed E-state index contributed by atoms with van der Waals surface area (Å²) in [7, 11) is 0. The summed E-state index contributed by atoms with van der Waals surface area (Å²) in [5.74, 6) is 0.872. The lowest BCUT2D eigenvalue weighted by molar-refractivity contribution is 0.0845. The number of amidine groups is 1. The topological polar surface area (TPSA) is 131 Å². The molecule has 0 aromatic carbocycles. The summed E-state index contributed by atoms with van der Waals surface area (Å²) in [4.78, 5) is 28.8. The molecule has 1 aliphatic heterocycles. The third kappa shape index (κ3) is 5.64. The van der Waals surface area contributed by atoms with Gasteiger partial charge in [-0.2, -0.15) is 0 Å². The molecule has 160 valence electrons. The number of aryl methyl sites for hydroxylation is 2. The molecule has 1 saturated heterocycles. The molecule has 0 unspecified atom stereocenters. The summed E-state index contributed by atoms with van der Waals surface area (Å²) >= 11 is 14.0. The highest BCUT2D eigenvalue weighted by molar-refractivity contribution is 7.19. The zero-order valence-corrected chi connectivity index (χ0v) is 19.4. The first-order chi connectivity index (χ1) is 14.2. The van der Waals surface area contributed by atoms with E-state index in [1.54, 1.807) is 13.0 Å². The number of aromatic nitrogens is 4. The van der Waals surface area contributed by atoms with Gasteiger partial charge in [-0.05, 0) is 26.7 Å². The predicted octanol–water partition coefficient (Wildman–Crippen LogP) is 4.14. The van der Waals surface area contributed by atoms with Crippen LogP contribution in [0.25, 0.3) is 10.7 Å². The molecule has 8 nitrogen and oxygen atoms in total. The number of H-pyrrole nitrogens is 1. The van der Waals surface area contributed by atoms with Gasteiger partial charge in [-0.15, -0.1) is 0 Å². The Labute approximate surface area is 191 Å². The fraction of sp³-hybridized carbons (Fsp3) is 0.389. The maximum absolute atomic E-state index is 11.9. The summed E-state index contributed by atoms with van der Waals surface area (Å²) < 4.78 is 6.24. The summed E-state index contributed by atoms with van der Waals surface area (Å²) in [5, 5.41) is 7.08. The largest absolute Gasteiger partial charge is 0.383 e. The van der Waals surface area contributed by atoms with Crippen LogP contribution in [0.1, 0.15) is 40.7 Å². The van der Waals surface area contributed by atoms with Gasteiger partial charge in [-0.25, -0.2) is 15.0 Å². The molecular formula is C18H20Cl2N6O2S2. The number of nitrogens with one attached hydrogen (secondary N) is 2. The van der Waals surface area contributed by atoms with Crippen LogP contribution in [0.15, 0.2) is 10.9 Å². The second-order valence-corrected chi connectivity index (χ2v) is 9.74. The zero-order chi connectivity index (χ0) is 21.8. The van der Waals surface area contributed by atoms with Crippen molar-refractivity contribution in [2.75, 3.05) is 13.2 Å².